The molecule has 73 heavy (non-hydrogen) atoms. The van der Waals surface area contributed by atoms with E-state index in [0.29, 0.717) is 12.8 Å². The highest BCUT2D eigenvalue weighted by molar-refractivity contribution is 5.76. The van der Waals surface area contributed by atoms with E-state index < -0.39 is 49.5 Å². The Bertz CT molecular complexity index is 1790. The molecule has 9 nitrogen and oxygen atoms in total. The molecule has 1 fully saturated rings. The number of nitrogens with one attached hydrogen (secondary N) is 1. The lowest BCUT2D eigenvalue weighted by Gasteiger charge is -2.40. The van der Waals surface area contributed by atoms with Gasteiger partial charge in [0.05, 0.1) is 25.4 Å². The lowest BCUT2D eigenvalue weighted by molar-refractivity contribution is -0.302. The van der Waals surface area contributed by atoms with Crippen molar-refractivity contribution in [3.63, 3.8) is 0 Å². The minimum absolute atomic E-state index is 0.237. The van der Waals surface area contributed by atoms with Crippen LogP contribution in [0.4, 0.5) is 0 Å². The maximum absolute atomic E-state index is 13.0. The van der Waals surface area contributed by atoms with Crippen LogP contribution in [-0.4, -0.2) is 87.5 Å². The second kappa shape index (κ2) is 50.8. The van der Waals surface area contributed by atoms with Gasteiger partial charge in [0.25, 0.3) is 0 Å². The average Bonchev–Trinajstić information content (AvgIpc) is 3.39. The third-order valence-corrected chi connectivity index (χ3v) is 11.4. The summed E-state index contributed by atoms with van der Waals surface area (Å²) in [5, 5.41) is 54.1. The molecule has 1 amide bonds. The highest BCUT2D eigenvalue weighted by Crippen LogP contribution is 2.22. The van der Waals surface area contributed by atoms with E-state index in [-0.39, 0.29) is 18.9 Å². The van der Waals surface area contributed by atoms with E-state index in [2.05, 4.69) is 189 Å². The average molecular weight is 1010 g/mol. The summed E-state index contributed by atoms with van der Waals surface area (Å²) in [6, 6.07) is -0.864. The highest BCUT2D eigenvalue weighted by Gasteiger charge is 2.44. The zero-order chi connectivity index (χ0) is 52.9. The van der Waals surface area contributed by atoms with Gasteiger partial charge in [-0.05, 0) is 128 Å². The topological polar surface area (TPSA) is 149 Å². The summed E-state index contributed by atoms with van der Waals surface area (Å²) in [5.41, 5.74) is 0. The summed E-state index contributed by atoms with van der Waals surface area (Å²) in [5.74, 6) is -0.245. The van der Waals surface area contributed by atoms with Crippen molar-refractivity contribution in [2.24, 2.45) is 0 Å². The Morgan fingerprint density at radius 2 is 0.849 bits per heavy atom. The van der Waals surface area contributed by atoms with Crippen molar-refractivity contribution >= 4 is 5.91 Å². The van der Waals surface area contributed by atoms with Gasteiger partial charge in [-0.1, -0.05) is 203 Å². The summed E-state index contributed by atoms with van der Waals surface area (Å²) < 4.78 is 11.2. The van der Waals surface area contributed by atoms with Gasteiger partial charge in [-0.2, -0.15) is 0 Å². The molecule has 0 radical (unpaired) electrons. The monoisotopic (exact) mass is 1010 g/mol. The number of carbonyl (C=O) groups excluding carboxylic acids is 1. The molecule has 1 saturated heterocycles. The van der Waals surface area contributed by atoms with Crippen LogP contribution in [0.1, 0.15) is 155 Å². The van der Waals surface area contributed by atoms with Gasteiger partial charge in [0.2, 0.25) is 5.91 Å². The Kier molecular flexibility index (Phi) is 46.1. The van der Waals surface area contributed by atoms with Crippen LogP contribution < -0.4 is 5.32 Å². The molecule has 0 saturated carbocycles. The lowest BCUT2D eigenvalue weighted by Crippen LogP contribution is -2.60. The van der Waals surface area contributed by atoms with Gasteiger partial charge in [0, 0.05) is 6.42 Å². The van der Waals surface area contributed by atoms with Gasteiger partial charge >= 0.3 is 0 Å². The minimum atomic E-state index is -1.59. The first-order valence-corrected chi connectivity index (χ1v) is 27.5. The van der Waals surface area contributed by atoms with Crippen molar-refractivity contribution in [3.8, 4) is 0 Å². The van der Waals surface area contributed by atoms with E-state index in [1.165, 1.54) is 0 Å². The third-order valence-electron chi connectivity index (χ3n) is 11.4. The Morgan fingerprint density at radius 1 is 0.479 bits per heavy atom. The number of aliphatic hydroxyl groups is 5. The quantitative estimate of drug-likeness (QED) is 0.0261. The van der Waals surface area contributed by atoms with Crippen LogP contribution >= 0.6 is 0 Å². The van der Waals surface area contributed by atoms with Gasteiger partial charge in [-0.15, -0.1) is 0 Å². The van der Waals surface area contributed by atoms with E-state index in [4.69, 9.17) is 9.47 Å². The normalized spacial score (nSPS) is 20.6. The first-order valence-electron chi connectivity index (χ1n) is 27.5. The molecule has 406 valence electrons. The van der Waals surface area contributed by atoms with Gasteiger partial charge in [0.1, 0.15) is 24.4 Å². The molecule has 6 N–H and O–H groups in total. The fourth-order valence-electron chi connectivity index (χ4n) is 7.11. The molecule has 0 aromatic rings. The molecule has 1 rings (SSSR count). The van der Waals surface area contributed by atoms with Crippen molar-refractivity contribution in [2.45, 2.75) is 198 Å². The summed E-state index contributed by atoms with van der Waals surface area (Å²) in [6.07, 6.45) is 76.8. The predicted octanol–water partition coefficient (Wildman–Crippen LogP) is 13.6. The van der Waals surface area contributed by atoms with Crippen LogP contribution in [0.2, 0.25) is 0 Å². The second-order valence-corrected chi connectivity index (χ2v) is 17.9. The number of hydrogen-bond donors (Lipinski definition) is 6. The summed E-state index contributed by atoms with van der Waals surface area (Å²) in [4.78, 5) is 13.0. The Hall–Kier alpha value is -4.71. The van der Waals surface area contributed by atoms with Crippen LogP contribution in [0, 0.1) is 0 Å². The van der Waals surface area contributed by atoms with Crippen molar-refractivity contribution in [2.75, 3.05) is 13.2 Å². The largest absolute Gasteiger partial charge is 0.394 e. The number of carbonyl (C=O) groups is 1. The molecule has 0 spiro atoms. The molecule has 1 aliphatic rings. The molecule has 0 aromatic heterocycles. The number of rotatable bonds is 43. The molecule has 7 atom stereocenters. The van der Waals surface area contributed by atoms with Gasteiger partial charge in [-0.25, -0.2) is 0 Å². The van der Waals surface area contributed by atoms with Crippen molar-refractivity contribution in [1.82, 2.24) is 5.32 Å². The number of allylic oxidation sites excluding steroid dienone is 29. The third kappa shape index (κ3) is 40.4. The molecule has 7 unspecified atom stereocenters. The standard InChI is InChI=1S/C64H97NO8/c1-3-5-7-9-11-13-15-16-17-18-19-20-21-22-23-24-25-26-27-28-29-30-31-32-33-34-35-36-37-38-39-40-41-42-44-46-48-50-52-54-60(68)65-57(56-72-64-63(71)62(70)61(69)59(55-66)73-64)58(67)53-51-49-47-45-43-14-12-10-8-6-4-2/h5,7-8,10-11,13,16-17,19-20,22-23,25-26,28-29,31-32,34-35,37-38,40-41,43-46,51,53,57-59,61-64,66-67,69-71H,3-4,6,9,12,14-15,18,21,24,27,30,33,36,39,42,47-50,52,54-56H2,1-2H3,(H,65,68)/b7-5-,10-8+,13-11-,17-16-,20-19-,23-22-,26-25-,29-28-,32-31-,35-34-,38-37-,41-40-,45-43+,46-44-,53-51+. The number of hydrogen-bond acceptors (Lipinski definition) is 8. The molecule has 9 heteroatoms. The van der Waals surface area contributed by atoms with E-state index in [0.717, 1.165) is 122 Å². The van der Waals surface area contributed by atoms with E-state index in [1.807, 2.05) is 6.08 Å². The van der Waals surface area contributed by atoms with Crippen LogP contribution in [0.3, 0.4) is 0 Å². The number of unbranched alkanes of at least 4 members (excludes halogenated alkanes) is 5. The Morgan fingerprint density at radius 3 is 1.25 bits per heavy atom. The maximum Gasteiger partial charge on any atom is 0.220 e. The van der Waals surface area contributed by atoms with Crippen molar-refractivity contribution < 1.29 is 39.8 Å². The fraction of sp³-hybridized carbons (Fsp3) is 0.516. The molecule has 0 aliphatic carbocycles. The van der Waals surface area contributed by atoms with Crippen molar-refractivity contribution in [1.29, 1.82) is 0 Å². The predicted molar refractivity (Wildman–Crippen MR) is 308 cm³/mol. The van der Waals surface area contributed by atoms with E-state index in [9.17, 15) is 30.3 Å². The Balaban J connectivity index is 2.24. The van der Waals surface area contributed by atoms with Crippen LogP contribution in [0.25, 0.3) is 0 Å². The van der Waals surface area contributed by atoms with Crippen LogP contribution in [-0.2, 0) is 14.3 Å². The molecule has 0 aromatic carbocycles. The SMILES string of the molecule is CC/C=C\C/C=C\C/C=C\C/C=C\C/C=C\C/C=C\C/C=C\C/C=C\C/C=C\C/C=C\C/C=C\C/C=C\CCCCC(=O)NC(COC1OC(CO)C(O)C(O)C1O)C(O)/C=C/CC/C=C/CC/C=C/CCC. The number of amides is 1. The summed E-state index contributed by atoms with van der Waals surface area (Å²) in [6.45, 7) is 3.50. The van der Waals surface area contributed by atoms with Gasteiger partial charge < -0.3 is 40.3 Å². The van der Waals surface area contributed by atoms with E-state index in [1.54, 1.807) is 6.08 Å². The van der Waals surface area contributed by atoms with Crippen LogP contribution in [0.15, 0.2) is 182 Å². The smallest absolute Gasteiger partial charge is 0.220 e. The second-order valence-electron chi connectivity index (χ2n) is 17.9. The van der Waals surface area contributed by atoms with Crippen LogP contribution in [0.5, 0.6) is 0 Å². The first kappa shape index (κ1) is 66.3. The van der Waals surface area contributed by atoms with Gasteiger partial charge in [0.15, 0.2) is 6.29 Å². The molecular formula is C64H97NO8. The van der Waals surface area contributed by atoms with Crippen molar-refractivity contribution in [3.05, 3.63) is 182 Å². The lowest BCUT2D eigenvalue weighted by atomic mass is 9.99. The molecular weight excluding hydrogens is 911 g/mol. The molecule has 1 heterocycles. The summed E-state index contributed by atoms with van der Waals surface area (Å²) in [7, 11) is 0. The van der Waals surface area contributed by atoms with Gasteiger partial charge in [-0.3, -0.25) is 4.79 Å². The molecule has 0 bridgehead atoms. The zero-order valence-corrected chi connectivity index (χ0v) is 44.8. The fourth-order valence-corrected chi connectivity index (χ4v) is 7.11. The highest BCUT2D eigenvalue weighted by atomic mass is 16.7. The number of ether oxygens (including phenoxy) is 2. The summed E-state index contributed by atoms with van der Waals surface area (Å²) >= 11 is 0. The Labute approximate surface area is 442 Å². The maximum atomic E-state index is 13.0. The minimum Gasteiger partial charge on any atom is -0.394 e. The van der Waals surface area contributed by atoms with E-state index >= 15 is 0 Å². The number of aliphatic hydroxyl groups excluding tert-OH is 5. The zero-order valence-electron chi connectivity index (χ0n) is 44.8. The first-order chi connectivity index (χ1) is 35.8. The molecule has 1 aliphatic heterocycles.